The lowest BCUT2D eigenvalue weighted by Crippen LogP contribution is -2.36. The van der Waals surface area contributed by atoms with Crippen molar-refractivity contribution in [3.63, 3.8) is 0 Å². The number of halogens is 1. The van der Waals surface area contributed by atoms with Crippen LogP contribution in [0.3, 0.4) is 0 Å². The highest BCUT2D eigenvalue weighted by atomic mass is 35.5. The van der Waals surface area contributed by atoms with Crippen molar-refractivity contribution in [2.75, 3.05) is 13.2 Å². The Balaban J connectivity index is 1.60. The Kier molecular flexibility index (Phi) is 5.64. The molecule has 0 aromatic heterocycles. The highest BCUT2D eigenvalue weighted by molar-refractivity contribution is 6.31. The molecule has 0 aliphatic heterocycles. The first kappa shape index (κ1) is 14.8. The zero-order chi connectivity index (χ0) is 13.7. The van der Waals surface area contributed by atoms with Crippen LogP contribution in [0.2, 0.25) is 5.02 Å². The number of benzene rings is 1. The molecule has 2 unspecified atom stereocenters. The number of nitrogens with one attached hydrogen (secondary N) is 1. The molecule has 3 nitrogen and oxygen atoms in total. The predicted octanol–water partition coefficient (Wildman–Crippen LogP) is 2.61. The van der Waals surface area contributed by atoms with Crippen LogP contribution in [-0.4, -0.2) is 30.4 Å². The van der Waals surface area contributed by atoms with Gasteiger partial charge in [-0.3, -0.25) is 0 Å². The van der Waals surface area contributed by atoms with Crippen LogP contribution in [0.25, 0.3) is 0 Å². The van der Waals surface area contributed by atoms with E-state index >= 15 is 0 Å². The fourth-order valence-corrected chi connectivity index (χ4v) is 2.25. The van der Waals surface area contributed by atoms with Gasteiger partial charge in [0.25, 0.3) is 0 Å². The Morgan fingerprint density at radius 3 is 2.84 bits per heavy atom. The summed E-state index contributed by atoms with van der Waals surface area (Å²) < 4.78 is 5.50. The maximum atomic E-state index is 9.83. The van der Waals surface area contributed by atoms with Crippen LogP contribution < -0.4 is 5.32 Å². The third-order valence-electron chi connectivity index (χ3n) is 3.53. The summed E-state index contributed by atoms with van der Waals surface area (Å²) >= 11 is 6.03. The molecule has 0 spiro atoms. The van der Waals surface area contributed by atoms with Gasteiger partial charge in [0, 0.05) is 17.6 Å². The van der Waals surface area contributed by atoms with Gasteiger partial charge in [-0.15, -0.1) is 0 Å². The molecule has 0 heterocycles. The topological polar surface area (TPSA) is 41.5 Å². The van der Waals surface area contributed by atoms with E-state index in [4.69, 9.17) is 16.3 Å². The van der Waals surface area contributed by atoms with Gasteiger partial charge in [0.1, 0.15) is 0 Å². The van der Waals surface area contributed by atoms with Crippen molar-refractivity contribution in [3.8, 4) is 0 Å². The highest BCUT2D eigenvalue weighted by Crippen LogP contribution is 2.32. The zero-order valence-corrected chi connectivity index (χ0v) is 12.1. The molecular formula is C15H22ClNO2. The Morgan fingerprint density at radius 2 is 2.16 bits per heavy atom. The number of rotatable bonds is 8. The van der Waals surface area contributed by atoms with Crippen molar-refractivity contribution < 1.29 is 9.84 Å². The summed E-state index contributed by atoms with van der Waals surface area (Å²) in [5, 5.41) is 13.9. The minimum atomic E-state index is -0.469. The predicted molar refractivity (Wildman–Crippen MR) is 77.3 cm³/mol. The molecule has 0 amide bonds. The van der Waals surface area contributed by atoms with Crippen LogP contribution >= 0.6 is 11.6 Å². The van der Waals surface area contributed by atoms with Crippen molar-refractivity contribution in [2.24, 2.45) is 5.92 Å². The third-order valence-corrected chi connectivity index (χ3v) is 3.90. The Labute approximate surface area is 119 Å². The normalized spacial score (nSPS) is 18.3. The van der Waals surface area contributed by atoms with E-state index in [1.165, 1.54) is 12.8 Å². The molecule has 0 saturated heterocycles. The van der Waals surface area contributed by atoms with Gasteiger partial charge in [-0.1, -0.05) is 29.8 Å². The second-order valence-electron chi connectivity index (χ2n) is 5.29. The lowest BCUT2D eigenvalue weighted by Gasteiger charge is -2.17. The van der Waals surface area contributed by atoms with Crippen LogP contribution in [0.1, 0.15) is 25.3 Å². The van der Waals surface area contributed by atoms with Crippen molar-refractivity contribution >= 4 is 11.6 Å². The van der Waals surface area contributed by atoms with E-state index in [9.17, 15) is 5.11 Å². The second-order valence-corrected chi connectivity index (χ2v) is 5.70. The van der Waals surface area contributed by atoms with E-state index in [1.54, 1.807) is 0 Å². The van der Waals surface area contributed by atoms with Crippen molar-refractivity contribution in [1.82, 2.24) is 5.32 Å². The summed E-state index contributed by atoms with van der Waals surface area (Å²) in [5.41, 5.74) is 0.954. The number of aliphatic hydroxyl groups excluding tert-OH is 1. The van der Waals surface area contributed by atoms with Crippen LogP contribution in [0.4, 0.5) is 0 Å². The maximum Gasteiger partial charge on any atom is 0.0897 e. The van der Waals surface area contributed by atoms with E-state index in [2.05, 4.69) is 12.2 Å². The van der Waals surface area contributed by atoms with E-state index < -0.39 is 6.10 Å². The van der Waals surface area contributed by atoms with Crippen LogP contribution in [-0.2, 0) is 11.3 Å². The largest absolute Gasteiger partial charge is 0.389 e. The van der Waals surface area contributed by atoms with E-state index in [0.717, 1.165) is 11.5 Å². The standard InChI is InChI=1S/C15H22ClNO2/c1-11(12-6-7-12)17-8-14(18)10-19-9-13-4-2-3-5-15(13)16/h2-5,11-12,14,17-18H,6-10H2,1H3. The molecule has 106 valence electrons. The average Bonchev–Trinajstić information content (AvgIpc) is 3.22. The Morgan fingerprint density at radius 1 is 1.42 bits per heavy atom. The first-order valence-corrected chi connectivity index (χ1v) is 7.27. The van der Waals surface area contributed by atoms with E-state index in [0.29, 0.717) is 30.8 Å². The van der Waals surface area contributed by atoms with Crippen molar-refractivity contribution in [3.05, 3.63) is 34.9 Å². The monoisotopic (exact) mass is 283 g/mol. The molecule has 1 fully saturated rings. The van der Waals surface area contributed by atoms with Gasteiger partial charge in [0.2, 0.25) is 0 Å². The first-order chi connectivity index (χ1) is 9.16. The third kappa shape index (κ3) is 5.11. The second kappa shape index (κ2) is 7.25. The molecule has 1 aliphatic rings. The lowest BCUT2D eigenvalue weighted by molar-refractivity contribution is 0.0276. The molecule has 1 aromatic carbocycles. The van der Waals surface area contributed by atoms with Gasteiger partial charge < -0.3 is 15.2 Å². The SMILES string of the molecule is CC(NCC(O)COCc1ccccc1Cl)C1CC1. The Bertz CT molecular complexity index is 395. The molecule has 0 radical (unpaired) electrons. The fourth-order valence-electron chi connectivity index (χ4n) is 2.06. The summed E-state index contributed by atoms with van der Waals surface area (Å²) in [5.74, 6) is 0.802. The molecular weight excluding hydrogens is 262 g/mol. The van der Waals surface area contributed by atoms with Crippen LogP contribution in [0, 0.1) is 5.92 Å². The summed E-state index contributed by atoms with van der Waals surface area (Å²) in [7, 11) is 0. The summed E-state index contributed by atoms with van der Waals surface area (Å²) in [6, 6.07) is 8.10. The fraction of sp³-hybridized carbons (Fsp3) is 0.600. The van der Waals surface area contributed by atoms with E-state index in [1.807, 2.05) is 24.3 Å². The molecule has 2 rings (SSSR count). The van der Waals surface area contributed by atoms with E-state index in [-0.39, 0.29) is 0 Å². The van der Waals surface area contributed by atoms with Gasteiger partial charge in [0.05, 0.1) is 19.3 Å². The summed E-state index contributed by atoms with van der Waals surface area (Å²) in [4.78, 5) is 0. The molecule has 1 aliphatic carbocycles. The number of hydrogen-bond acceptors (Lipinski definition) is 3. The minimum absolute atomic E-state index is 0.329. The van der Waals surface area contributed by atoms with Gasteiger partial charge in [-0.05, 0) is 37.3 Å². The smallest absolute Gasteiger partial charge is 0.0897 e. The molecule has 19 heavy (non-hydrogen) atoms. The molecule has 2 atom stereocenters. The number of hydrogen-bond donors (Lipinski definition) is 2. The maximum absolute atomic E-state index is 9.83. The summed E-state index contributed by atoms with van der Waals surface area (Å²) in [6.45, 7) is 3.53. The van der Waals surface area contributed by atoms with Crippen LogP contribution in [0.15, 0.2) is 24.3 Å². The van der Waals surface area contributed by atoms with Crippen molar-refractivity contribution in [1.29, 1.82) is 0 Å². The summed E-state index contributed by atoms with van der Waals surface area (Å²) in [6.07, 6.45) is 2.16. The van der Waals surface area contributed by atoms with Gasteiger partial charge >= 0.3 is 0 Å². The van der Waals surface area contributed by atoms with Crippen LogP contribution in [0.5, 0.6) is 0 Å². The molecule has 1 saturated carbocycles. The molecule has 0 bridgehead atoms. The quantitative estimate of drug-likeness (QED) is 0.771. The molecule has 2 N–H and O–H groups in total. The minimum Gasteiger partial charge on any atom is -0.389 e. The first-order valence-electron chi connectivity index (χ1n) is 6.89. The van der Waals surface area contributed by atoms with Gasteiger partial charge in [-0.25, -0.2) is 0 Å². The molecule has 1 aromatic rings. The van der Waals surface area contributed by atoms with Gasteiger partial charge in [0.15, 0.2) is 0 Å². The Hall–Kier alpha value is -0.610. The lowest BCUT2D eigenvalue weighted by atomic mass is 10.2. The zero-order valence-electron chi connectivity index (χ0n) is 11.3. The highest BCUT2D eigenvalue weighted by Gasteiger charge is 2.27. The number of aliphatic hydroxyl groups is 1. The van der Waals surface area contributed by atoms with Crippen molar-refractivity contribution in [2.45, 2.75) is 38.5 Å². The molecule has 4 heteroatoms. The average molecular weight is 284 g/mol. The van der Waals surface area contributed by atoms with Gasteiger partial charge in [-0.2, -0.15) is 0 Å². The number of ether oxygens (including phenoxy) is 1.